The normalized spacial score (nSPS) is 12.6. The molecule has 18 heavy (non-hydrogen) atoms. The average Bonchev–Trinajstić information content (AvgIpc) is 2.31. The maximum atomic E-state index is 4.52. The van der Waals surface area contributed by atoms with Crippen LogP contribution in [0.4, 0.5) is 11.5 Å². The van der Waals surface area contributed by atoms with Crippen molar-refractivity contribution in [3.05, 3.63) is 18.3 Å². The highest BCUT2D eigenvalue weighted by Gasteiger charge is 2.06. The molecule has 102 valence electrons. The predicted octanol–water partition coefficient (Wildman–Crippen LogP) is 3.77. The third-order valence-electron chi connectivity index (χ3n) is 3.07. The summed E-state index contributed by atoms with van der Waals surface area (Å²) in [7, 11) is 0. The van der Waals surface area contributed by atoms with E-state index in [1.165, 1.54) is 6.42 Å². The van der Waals surface area contributed by atoms with Gasteiger partial charge < -0.3 is 10.2 Å². The molecule has 1 aromatic heterocycles. The zero-order chi connectivity index (χ0) is 13.5. The van der Waals surface area contributed by atoms with E-state index in [0.29, 0.717) is 6.04 Å². The highest BCUT2D eigenvalue weighted by Crippen LogP contribution is 2.16. The van der Waals surface area contributed by atoms with Crippen LogP contribution in [0.3, 0.4) is 0 Å². The molecule has 1 N–H and O–H groups in total. The molecule has 0 aliphatic carbocycles. The quantitative estimate of drug-likeness (QED) is 0.797. The molecule has 0 spiro atoms. The Kier molecular flexibility index (Phi) is 5.96. The molecule has 1 unspecified atom stereocenters. The minimum atomic E-state index is 0.492. The van der Waals surface area contributed by atoms with Crippen molar-refractivity contribution in [2.24, 2.45) is 5.92 Å². The lowest BCUT2D eigenvalue weighted by molar-refractivity contribution is 0.539. The summed E-state index contributed by atoms with van der Waals surface area (Å²) in [6.45, 7) is 13.0. The highest BCUT2D eigenvalue weighted by atomic mass is 15.2. The topological polar surface area (TPSA) is 28.2 Å². The number of hydrogen-bond acceptors (Lipinski definition) is 3. The Morgan fingerprint density at radius 2 is 1.83 bits per heavy atom. The van der Waals surface area contributed by atoms with Crippen molar-refractivity contribution in [2.75, 3.05) is 23.3 Å². The molecule has 1 rings (SSSR count). The summed E-state index contributed by atoms with van der Waals surface area (Å²) < 4.78 is 0. The van der Waals surface area contributed by atoms with Crippen LogP contribution in [0.25, 0.3) is 0 Å². The molecule has 3 heteroatoms. The molecule has 1 atom stereocenters. The van der Waals surface area contributed by atoms with Gasteiger partial charge in [-0.3, -0.25) is 0 Å². The summed E-state index contributed by atoms with van der Waals surface area (Å²) in [5.41, 5.74) is 1.11. The summed E-state index contributed by atoms with van der Waals surface area (Å²) in [4.78, 5) is 6.77. The summed E-state index contributed by atoms with van der Waals surface area (Å²) in [5.74, 6) is 1.78. The molecule has 0 aliphatic heterocycles. The van der Waals surface area contributed by atoms with Gasteiger partial charge in [0.2, 0.25) is 0 Å². The molecule has 0 saturated heterocycles. The van der Waals surface area contributed by atoms with Crippen LogP contribution in [0.5, 0.6) is 0 Å². The highest BCUT2D eigenvalue weighted by molar-refractivity contribution is 5.48. The summed E-state index contributed by atoms with van der Waals surface area (Å²) >= 11 is 0. The summed E-state index contributed by atoms with van der Waals surface area (Å²) in [6, 6.07) is 4.71. The molecule has 0 fully saturated rings. The maximum absolute atomic E-state index is 4.52. The fourth-order valence-corrected chi connectivity index (χ4v) is 2.26. The van der Waals surface area contributed by atoms with Crippen LogP contribution in [0.2, 0.25) is 0 Å². The lowest BCUT2D eigenvalue weighted by Crippen LogP contribution is -2.23. The average molecular weight is 249 g/mol. The molecule has 1 heterocycles. The van der Waals surface area contributed by atoms with Crippen LogP contribution in [0.1, 0.15) is 41.0 Å². The third-order valence-corrected chi connectivity index (χ3v) is 3.07. The second-order valence-corrected chi connectivity index (χ2v) is 5.25. The predicted molar refractivity (Wildman–Crippen MR) is 80.3 cm³/mol. The van der Waals surface area contributed by atoms with Crippen LogP contribution in [0.15, 0.2) is 18.3 Å². The van der Waals surface area contributed by atoms with Gasteiger partial charge in [-0.05, 0) is 45.2 Å². The molecule has 0 radical (unpaired) electrons. The summed E-state index contributed by atoms with van der Waals surface area (Å²) in [5, 5.41) is 3.49. The molecule has 0 bridgehead atoms. The summed E-state index contributed by atoms with van der Waals surface area (Å²) in [6.07, 6.45) is 3.11. The van der Waals surface area contributed by atoms with Crippen molar-refractivity contribution in [3.8, 4) is 0 Å². The van der Waals surface area contributed by atoms with Gasteiger partial charge in [0, 0.05) is 19.1 Å². The fraction of sp³-hybridized carbons (Fsp3) is 0.667. The van der Waals surface area contributed by atoms with Gasteiger partial charge in [0.25, 0.3) is 0 Å². The van der Waals surface area contributed by atoms with Crippen molar-refractivity contribution in [2.45, 2.75) is 47.1 Å². The van der Waals surface area contributed by atoms with Crippen LogP contribution in [-0.4, -0.2) is 24.1 Å². The van der Waals surface area contributed by atoms with Crippen LogP contribution in [0, 0.1) is 5.92 Å². The number of anilines is 2. The van der Waals surface area contributed by atoms with Crippen LogP contribution >= 0.6 is 0 Å². The minimum Gasteiger partial charge on any atom is -0.381 e. The molecule has 0 amide bonds. The van der Waals surface area contributed by atoms with Crippen molar-refractivity contribution in [1.29, 1.82) is 0 Å². The first-order valence-electron chi connectivity index (χ1n) is 7.04. The number of rotatable bonds is 7. The van der Waals surface area contributed by atoms with E-state index in [0.717, 1.165) is 30.5 Å². The zero-order valence-corrected chi connectivity index (χ0v) is 12.4. The minimum absolute atomic E-state index is 0.492. The molecule has 0 aromatic carbocycles. The lowest BCUT2D eigenvalue weighted by atomic mass is 10.1. The Morgan fingerprint density at radius 1 is 1.17 bits per heavy atom. The number of pyridine rings is 1. The SMILES string of the molecule is CCN(CC)c1ccc(NC(C)CC(C)C)cn1. The van der Waals surface area contributed by atoms with E-state index in [2.05, 4.69) is 62.0 Å². The Hall–Kier alpha value is -1.25. The first-order chi connectivity index (χ1) is 8.56. The van der Waals surface area contributed by atoms with Gasteiger partial charge in [-0.15, -0.1) is 0 Å². The smallest absolute Gasteiger partial charge is 0.128 e. The van der Waals surface area contributed by atoms with E-state index in [4.69, 9.17) is 0 Å². The van der Waals surface area contributed by atoms with E-state index in [-0.39, 0.29) is 0 Å². The van der Waals surface area contributed by atoms with E-state index in [1.807, 2.05) is 6.20 Å². The second-order valence-electron chi connectivity index (χ2n) is 5.25. The standard InChI is InChI=1S/C15H27N3/c1-6-18(7-2)15-9-8-14(11-16-15)17-13(5)10-12(3)4/h8-9,11-13,17H,6-7,10H2,1-5H3. The zero-order valence-electron chi connectivity index (χ0n) is 12.4. The van der Waals surface area contributed by atoms with Crippen molar-refractivity contribution in [3.63, 3.8) is 0 Å². The second kappa shape index (κ2) is 7.24. The molecule has 0 aliphatic rings. The molecular formula is C15H27N3. The third kappa shape index (κ3) is 4.55. The monoisotopic (exact) mass is 249 g/mol. The maximum Gasteiger partial charge on any atom is 0.128 e. The lowest BCUT2D eigenvalue weighted by Gasteiger charge is -2.21. The number of nitrogens with zero attached hydrogens (tertiary/aromatic N) is 2. The van der Waals surface area contributed by atoms with Crippen molar-refractivity contribution < 1.29 is 0 Å². The van der Waals surface area contributed by atoms with E-state index in [9.17, 15) is 0 Å². The van der Waals surface area contributed by atoms with Crippen LogP contribution < -0.4 is 10.2 Å². The van der Waals surface area contributed by atoms with Gasteiger partial charge in [0.15, 0.2) is 0 Å². The Labute approximate surface area is 112 Å². The van der Waals surface area contributed by atoms with E-state index in [1.54, 1.807) is 0 Å². The fourth-order valence-electron chi connectivity index (χ4n) is 2.26. The number of nitrogens with one attached hydrogen (secondary N) is 1. The first kappa shape index (κ1) is 14.8. The van der Waals surface area contributed by atoms with Gasteiger partial charge in [0.1, 0.15) is 5.82 Å². The van der Waals surface area contributed by atoms with Crippen molar-refractivity contribution in [1.82, 2.24) is 4.98 Å². The van der Waals surface area contributed by atoms with E-state index >= 15 is 0 Å². The van der Waals surface area contributed by atoms with Gasteiger partial charge in [-0.25, -0.2) is 4.98 Å². The molecule has 0 saturated carbocycles. The van der Waals surface area contributed by atoms with Crippen LogP contribution in [-0.2, 0) is 0 Å². The Morgan fingerprint density at radius 3 is 2.28 bits per heavy atom. The van der Waals surface area contributed by atoms with Gasteiger partial charge >= 0.3 is 0 Å². The molecule has 3 nitrogen and oxygen atoms in total. The molecule has 1 aromatic rings. The first-order valence-corrected chi connectivity index (χ1v) is 7.04. The van der Waals surface area contributed by atoms with Gasteiger partial charge in [-0.2, -0.15) is 0 Å². The molecular weight excluding hydrogens is 222 g/mol. The Balaban J connectivity index is 2.60. The van der Waals surface area contributed by atoms with Gasteiger partial charge in [-0.1, -0.05) is 13.8 Å². The number of hydrogen-bond donors (Lipinski definition) is 1. The van der Waals surface area contributed by atoms with Crippen molar-refractivity contribution >= 4 is 11.5 Å². The Bertz CT molecular complexity index is 328. The van der Waals surface area contributed by atoms with Gasteiger partial charge in [0.05, 0.1) is 11.9 Å². The largest absolute Gasteiger partial charge is 0.381 e. The van der Waals surface area contributed by atoms with E-state index < -0.39 is 0 Å². The number of aromatic nitrogens is 1.